The fourth-order valence-electron chi connectivity index (χ4n) is 3.12. The van der Waals surface area contributed by atoms with E-state index in [9.17, 15) is 9.18 Å². The van der Waals surface area contributed by atoms with Gasteiger partial charge in [0.1, 0.15) is 18.2 Å². The van der Waals surface area contributed by atoms with Gasteiger partial charge in [-0.1, -0.05) is 24.3 Å². The summed E-state index contributed by atoms with van der Waals surface area (Å²) in [4.78, 5) is 16.6. The number of Topliss-reactive ketones (excluding diaryl/α,β-unsaturated/α-hetero) is 1. The Balaban J connectivity index is 1.42. The van der Waals surface area contributed by atoms with Crippen molar-refractivity contribution in [2.45, 2.75) is 19.1 Å². The molecule has 1 aliphatic heterocycles. The van der Waals surface area contributed by atoms with Crippen LogP contribution >= 0.6 is 0 Å². The maximum Gasteiger partial charge on any atom is 0.191 e. The molecule has 2 heterocycles. The lowest BCUT2D eigenvalue weighted by atomic mass is 10.0. The second-order valence-corrected chi connectivity index (χ2v) is 6.72. The first kappa shape index (κ1) is 18.7. The molecule has 0 saturated carbocycles. The number of benzene rings is 2. The number of ketones is 1. The molecule has 7 heteroatoms. The number of carbonyl (C=O) groups excluding carboxylic acids is 1. The van der Waals surface area contributed by atoms with E-state index in [0.29, 0.717) is 34.1 Å². The van der Waals surface area contributed by atoms with Crippen LogP contribution in [-0.2, 0) is 17.8 Å². The molecule has 6 nitrogen and oxygen atoms in total. The van der Waals surface area contributed by atoms with Crippen LogP contribution in [0, 0.1) is 5.82 Å². The van der Waals surface area contributed by atoms with Gasteiger partial charge in [-0.3, -0.25) is 4.79 Å². The Morgan fingerprint density at radius 2 is 2.00 bits per heavy atom. The molecule has 1 aromatic heterocycles. The Hall–Kier alpha value is -3.61. The van der Waals surface area contributed by atoms with E-state index >= 15 is 0 Å². The largest absolute Gasteiger partial charge is 0.485 e. The number of nitrogens with one attached hydrogen (secondary N) is 1. The van der Waals surface area contributed by atoms with Gasteiger partial charge in [0, 0.05) is 24.7 Å². The van der Waals surface area contributed by atoms with Gasteiger partial charge in [0.15, 0.2) is 23.4 Å². The minimum absolute atomic E-state index is 0.124. The zero-order valence-corrected chi connectivity index (χ0v) is 15.6. The zero-order valence-electron chi connectivity index (χ0n) is 15.6. The molecular weight excluding hydrogens is 373 g/mol. The number of ether oxygens (including phenoxy) is 2. The summed E-state index contributed by atoms with van der Waals surface area (Å²) in [5, 5.41) is 3.07. The van der Waals surface area contributed by atoms with Crippen LogP contribution in [0.3, 0.4) is 0 Å². The molecule has 0 aliphatic carbocycles. The number of pyridine rings is 1. The standard InChI is InChI=1S/C22H20FN3O3/c23-16-8-7-14(10-15(16)12-26-17-4-3-9-25-22(17)24)11-18(27)21-13-28-19-5-1-2-6-20(19)29-21/h1-10,21,26H,11-13H2,(H2,24,25). The summed E-state index contributed by atoms with van der Waals surface area (Å²) < 4.78 is 25.6. The smallest absolute Gasteiger partial charge is 0.191 e. The monoisotopic (exact) mass is 393 g/mol. The molecule has 0 fully saturated rings. The Bertz CT molecular complexity index is 1040. The molecule has 0 saturated heterocycles. The van der Waals surface area contributed by atoms with Crippen molar-refractivity contribution in [2.75, 3.05) is 17.7 Å². The van der Waals surface area contributed by atoms with Gasteiger partial charge in [0.05, 0.1) is 5.69 Å². The number of halogens is 1. The van der Waals surface area contributed by atoms with Crippen LogP contribution in [0.5, 0.6) is 11.5 Å². The quantitative estimate of drug-likeness (QED) is 0.668. The predicted molar refractivity (Wildman–Crippen MR) is 107 cm³/mol. The highest BCUT2D eigenvalue weighted by Crippen LogP contribution is 2.31. The molecule has 148 valence electrons. The van der Waals surface area contributed by atoms with E-state index in [4.69, 9.17) is 15.2 Å². The van der Waals surface area contributed by atoms with Crippen molar-refractivity contribution < 1.29 is 18.7 Å². The van der Waals surface area contributed by atoms with Crippen LogP contribution in [0.1, 0.15) is 11.1 Å². The van der Waals surface area contributed by atoms with Gasteiger partial charge in [0.25, 0.3) is 0 Å². The van der Waals surface area contributed by atoms with Crippen molar-refractivity contribution in [2.24, 2.45) is 0 Å². The van der Waals surface area contributed by atoms with Gasteiger partial charge in [0.2, 0.25) is 0 Å². The summed E-state index contributed by atoms with van der Waals surface area (Å²) in [5.41, 5.74) is 7.56. The third-order valence-corrected chi connectivity index (χ3v) is 4.66. The van der Waals surface area contributed by atoms with Crippen LogP contribution in [0.15, 0.2) is 60.8 Å². The summed E-state index contributed by atoms with van der Waals surface area (Å²) in [7, 11) is 0. The molecule has 3 aromatic rings. The Labute approximate surface area is 167 Å². The van der Waals surface area contributed by atoms with Crippen LogP contribution in [-0.4, -0.2) is 23.5 Å². The number of rotatable bonds is 6. The molecule has 0 spiro atoms. The SMILES string of the molecule is Nc1ncccc1NCc1cc(CC(=O)C2COc3ccccc3O2)ccc1F. The molecule has 29 heavy (non-hydrogen) atoms. The predicted octanol–water partition coefficient (Wildman–Crippen LogP) is 3.37. The van der Waals surface area contributed by atoms with E-state index in [0.717, 1.165) is 0 Å². The minimum atomic E-state index is -0.688. The van der Waals surface area contributed by atoms with E-state index in [1.165, 1.54) is 6.07 Å². The molecule has 0 radical (unpaired) electrons. The Morgan fingerprint density at radius 3 is 2.83 bits per heavy atom. The van der Waals surface area contributed by atoms with Crippen molar-refractivity contribution in [3.8, 4) is 11.5 Å². The molecule has 1 aliphatic rings. The van der Waals surface area contributed by atoms with Crippen LogP contribution in [0.4, 0.5) is 15.9 Å². The van der Waals surface area contributed by atoms with E-state index in [1.54, 1.807) is 42.6 Å². The normalized spacial score (nSPS) is 15.0. The Morgan fingerprint density at radius 1 is 1.17 bits per heavy atom. The molecule has 3 N–H and O–H groups in total. The Kier molecular flexibility index (Phi) is 5.29. The second-order valence-electron chi connectivity index (χ2n) is 6.72. The number of nitrogen functional groups attached to an aromatic ring is 1. The number of fused-ring (bicyclic) bond motifs is 1. The van der Waals surface area contributed by atoms with Crippen molar-refractivity contribution in [3.63, 3.8) is 0 Å². The van der Waals surface area contributed by atoms with Crippen molar-refractivity contribution in [3.05, 3.63) is 77.7 Å². The summed E-state index contributed by atoms with van der Waals surface area (Å²) in [6.45, 7) is 0.381. The van der Waals surface area contributed by atoms with E-state index < -0.39 is 6.10 Å². The number of hydrogen-bond acceptors (Lipinski definition) is 6. The molecule has 0 bridgehead atoms. The third kappa shape index (κ3) is 4.29. The summed E-state index contributed by atoms with van der Waals surface area (Å²) >= 11 is 0. The molecule has 4 rings (SSSR count). The first-order valence-corrected chi connectivity index (χ1v) is 9.23. The summed E-state index contributed by atoms with van der Waals surface area (Å²) in [5.74, 6) is 1.04. The van der Waals surface area contributed by atoms with E-state index in [1.807, 2.05) is 12.1 Å². The number of aromatic nitrogens is 1. The third-order valence-electron chi connectivity index (χ3n) is 4.66. The molecule has 0 amide bonds. The van der Waals surface area contributed by atoms with Gasteiger partial charge in [-0.2, -0.15) is 0 Å². The van der Waals surface area contributed by atoms with Crippen molar-refractivity contribution >= 4 is 17.3 Å². The van der Waals surface area contributed by atoms with Crippen LogP contribution in [0.2, 0.25) is 0 Å². The number of nitrogens with zero attached hydrogens (tertiary/aromatic N) is 1. The highest BCUT2D eigenvalue weighted by Gasteiger charge is 2.27. The first-order chi connectivity index (χ1) is 14.1. The van der Waals surface area contributed by atoms with Crippen molar-refractivity contribution in [1.82, 2.24) is 4.98 Å². The van der Waals surface area contributed by atoms with Gasteiger partial charge in [-0.25, -0.2) is 9.37 Å². The first-order valence-electron chi connectivity index (χ1n) is 9.23. The van der Waals surface area contributed by atoms with Crippen LogP contribution in [0.25, 0.3) is 0 Å². The maximum atomic E-state index is 14.2. The average Bonchev–Trinajstić information content (AvgIpc) is 2.74. The van der Waals surface area contributed by atoms with Gasteiger partial charge in [-0.15, -0.1) is 0 Å². The lowest BCUT2D eigenvalue weighted by molar-refractivity contribution is -0.127. The number of anilines is 2. The van der Waals surface area contributed by atoms with E-state index in [2.05, 4.69) is 10.3 Å². The number of carbonyl (C=O) groups is 1. The maximum absolute atomic E-state index is 14.2. The number of hydrogen-bond donors (Lipinski definition) is 2. The molecular formula is C22H20FN3O3. The lowest BCUT2D eigenvalue weighted by Gasteiger charge is -2.25. The zero-order chi connectivity index (χ0) is 20.2. The summed E-state index contributed by atoms with van der Waals surface area (Å²) in [6, 6.07) is 15.4. The molecule has 2 aromatic carbocycles. The van der Waals surface area contributed by atoms with Gasteiger partial charge >= 0.3 is 0 Å². The second kappa shape index (κ2) is 8.18. The van der Waals surface area contributed by atoms with E-state index in [-0.39, 0.29) is 31.2 Å². The van der Waals surface area contributed by atoms with Gasteiger partial charge < -0.3 is 20.5 Å². The lowest BCUT2D eigenvalue weighted by Crippen LogP contribution is -2.37. The highest BCUT2D eigenvalue weighted by atomic mass is 19.1. The number of nitrogens with two attached hydrogens (primary N) is 1. The highest BCUT2D eigenvalue weighted by molar-refractivity contribution is 5.86. The fraction of sp³-hybridized carbons (Fsp3) is 0.182. The molecule has 1 atom stereocenters. The topological polar surface area (TPSA) is 86.5 Å². The average molecular weight is 393 g/mol. The van der Waals surface area contributed by atoms with Crippen LogP contribution < -0.4 is 20.5 Å². The van der Waals surface area contributed by atoms with Gasteiger partial charge in [-0.05, 0) is 35.9 Å². The summed E-state index contributed by atoms with van der Waals surface area (Å²) in [6.07, 6.45) is 1.02. The fourth-order valence-corrected chi connectivity index (χ4v) is 3.12. The minimum Gasteiger partial charge on any atom is -0.485 e. The molecule has 1 unspecified atom stereocenters. The number of para-hydroxylation sites is 2. The van der Waals surface area contributed by atoms with Crippen molar-refractivity contribution in [1.29, 1.82) is 0 Å².